The molecule has 2 heterocycles. The highest BCUT2D eigenvalue weighted by Gasteiger charge is 2.88. The maximum absolute atomic E-state index is 13.6. The lowest BCUT2D eigenvalue weighted by Gasteiger charge is -2.46. The van der Waals surface area contributed by atoms with Crippen molar-refractivity contribution < 1.29 is 42.7 Å². The van der Waals surface area contributed by atoms with Crippen LogP contribution in [-0.4, -0.2) is 76.4 Å². The van der Waals surface area contributed by atoms with E-state index in [0.717, 1.165) is 12.8 Å². The summed E-state index contributed by atoms with van der Waals surface area (Å²) in [5.74, 6) is -1.62. The van der Waals surface area contributed by atoms with Crippen molar-refractivity contribution in [3.05, 3.63) is 12.2 Å². The van der Waals surface area contributed by atoms with Crippen molar-refractivity contribution in [2.75, 3.05) is 41.5 Å². The number of hydrogen-bond donors (Lipinski definition) is 0. The maximum atomic E-state index is 13.6. The first-order chi connectivity index (χ1) is 15.8. The molecule has 33 heavy (non-hydrogen) atoms. The number of hydrogen-bond acceptors (Lipinski definition) is 9. The molecule has 9 nitrogen and oxygen atoms in total. The normalized spacial score (nSPS) is 52.5. The molecule has 9 heteroatoms. The van der Waals surface area contributed by atoms with Crippen molar-refractivity contribution in [2.45, 2.75) is 55.5 Å². The molecule has 4 bridgehead atoms. The summed E-state index contributed by atoms with van der Waals surface area (Å²) in [7, 11) is 4.57. The lowest BCUT2D eigenvalue weighted by molar-refractivity contribution is -0.182. The summed E-state index contributed by atoms with van der Waals surface area (Å²) >= 11 is 0. The third kappa shape index (κ3) is 2.35. The fraction of sp³-hybridized carbons (Fsp3) is 0.833. The number of fused-ring (bicyclic) bond motifs is 2. The van der Waals surface area contributed by atoms with Gasteiger partial charge in [-0.1, -0.05) is 6.08 Å². The van der Waals surface area contributed by atoms with Gasteiger partial charge in [0.05, 0.1) is 25.7 Å². The van der Waals surface area contributed by atoms with Gasteiger partial charge in [-0.3, -0.25) is 9.59 Å². The van der Waals surface area contributed by atoms with E-state index < -0.39 is 45.6 Å². The van der Waals surface area contributed by atoms with E-state index in [9.17, 15) is 9.59 Å². The Bertz CT molecular complexity index is 914. The minimum Gasteiger partial charge on any atom is -0.469 e. The zero-order valence-electron chi connectivity index (χ0n) is 19.6. The standard InChI is InChI=1S/C24H32O9/c1-20-15(30-12-27-2)6-8-24(33-19(20)26)14-5-7-22(32-13-28-3)9-21(14,10-23(22)11-31-23)16(17(20)24)18(25)29-4/h6,8,14-17H,5,7,9-13H2,1-4H3/t14-,15+,16-,17-,20-,21-,22+,23-,24-/m1/s1. The second kappa shape index (κ2) is 6.79. The largest absolute Gasteiger partial charge is 0.469 e. The second-order valence-corrected chi connectivity index (χ2v) is 10.9. The molecule has 9 atom stereocenters. The van der Waals surface area contributed by atoms with E-state index in [1.54, 1.807) is 14.2 Å². The highest BCUT2D eigenvalue weighted by Crippen LogP contribution is 2.80. The number of rotatable bonds is 7. The van der Waals surface area contributed by atoms with E-state index in [4.69, 9.17) is 33.2 Å². The van der Waals surface area contributed by atoms with Crippen LogP contribution in [0.1, 0.15) is 32.6 Å². The average Bonchev–Trinajstić information content (AvgIpc) is 3.46. The van der Waals surface area contributed by atoms with Gasteiger partial charge in [0.1, 0.15) is 35.8 Å². The molecule has 2 aliphatic heterocycles. The second-order valence-electron chi connectivity index (χ2n) is 10.9. The lowest BCUT2D eigenvalue weighted by atomic mass is 9.61. The molecule has 5 fully saturated rings. The number of esters is 2. The SMILES string of the molecule is COCO[C@H]1C=C[C@]23OC(=O)[C@@]1(C)[C@H]2[C@H](C(=O)OC)[C@@]12C[C@@](OCOC)(CC[C@H]13)[C@]1(CO1)C2. The monoisotopic (exact) mass is 464 g/mol. The number of methoxy groups -OCH3 is 3. The molecule has 0 amide bonds. The van der Waals surface area contributed by atoms with Crippen LogP contribution in [0.4, 0.5) is 0 Å². The molecule has 0 unspecified atom stereocenters. The summed E-state index contributed by atoms with van der Waals surface area (Å²) < 4.78 is 40.4. The number of epoxide rings is 1. The van der Waals surface area contributed by atoms with Crippen molar-refractivity contribution in [1.29, 1.82) is 0 Å². The Labute approximate surface area is 193 Å². The van der Waals surface area contributed by atoms with Gasteiger partial charge in [0.25, 0.3) is 0 Å². The predicted octanol–water partition coefficient (Wildman–Crippen LogP) is 1.58. The van der Waals surface area contributed by atoms with Crippen LogP contribution in [0.15, 0.2) is 12.2 Å². The average molecular weight is 465 g/mol. The first kappa shape index (κ1) is 22.0. The molecule has 2 spiro atoms. The van der Waals surface area contributed by atoms with Crippen LogP contribution in [0.3, 0.4) is 0 Å². The van der Waals surface area contributed by atoms with Gasteiger partial charge in [0.2, 0.25) is 0 Å². The number of carbonyl (C=O) groups is 2. The summed E-state index contributed by atoms with van der Waals surface area (Å²) in [6.45, 7) is 2.68. The Hall–Kier alpha value is -1.52. The van der Waals surface area contributed by atoms with Crippen molar-refractivity contribution in [3.8, 4) is 0 Å². The van der Waals surface area contributed by atoms with Crippen LogP contribution in [0.5, 0.6) is 0 Å². The molecule has 0 radical (unpaired) electrons. The van der Waals surface area contributed by atoms with Gasteiger partial charge in [0, 0.05) is 26.1 Å². The molecule has 3 saturated carbocycles. The molecular weight excluding hydrogens is 432 g/mol. The van der Waals surface area contributed by atoms with Gasteiger partial charge in [-0.25, -0.2) is 0 Å². The van der Waals surface area contributed by atoms with Crippen molar-refractivity contribution in [2.24, 2.45) is 28.6 Å². The molecule has 6 rings (SSSR count). The minimum atomic E-state index is -1.03. The van der Waals surface area contributed by atoms with Gasteiger partial charge in [-0.15, -0.1) is 0 Å². The van der Waals surface area contributed by atoms with E-state index in [1.807, 2.05) is 19.1 Å². The van der Waals surface area contributed by atoms with Crippen LogP contribution in [0, 0.1) is 28.6 Å². The molecule has 0 aromatic carbocycles. The zero-order chi connectivity index (χ0) is 23.3. The lowest BCUT2D eigenvalue weighted by Crippen LogP contribution is -2.52. The Morgan fingerprint density at radius 1 is 1.18 bits per heavy atom. The summed E-state index contributed by atoms with van der Waals surface area (Å²) in [6, 6.07) is 0. The third-order valence-electron chi connectivity index (χ3n) is 9.82. The minimum absolute atomic E-state index is 0.0349. The zero-order valence-corrected chi connectivity index (χ0v) is 19.6. The molecule has 4 aliphatic carbocycles. The fourth-order valence-electron chi connectivity index (χ4n) is 8.67. The van der Waals surface area contributed by atoms with E-state index in [-0.39, 0.29) is 31.4 Å². The molecule has 0 aromatic rings. The molecule has 182 valence electrons. The van der Waals surface area contributed by atoms with Crippen LogP contribution in [0.2, 0.25) is 0 Å². The smallest absolute Gasteiger partial charge is 0.316 e. The topological polar surface area (TPSA) is 102 Å². The molecule has 6 aliphatic rings. The van der Waals surface area contributed by atoms with Gasteiger partial charge < -0.3 is 33.2 Å². The van der Waals surface area contributed by atoms with Gasteiger partial charge >= 0.3 is 11.9 Å². The molecule has 0 aromatic heterocycles. The van der Waals surface area contributed by atoms with Crippen molar-refractivity contribution >= 4 is 11.9 Å². The summed E-state index contributed by atoms with van der Waals surface area (Å²) in [5.41, 5.74) is -3.32. The van der Waals surface area contributed by atoms with E-state index >= 15 is 0 Å². The summed E-state index contributed by atoms with van der Waals surface area (Å²) in [4.78, 5) is 27.0. The van der Waals surface area contributed by atoms with E-state index in [2.05, 4.69) is 0 Å². The fourth-order valence-corrected chi connectivity index (χ4v) is 8.67. The van der Waals surface area contributed by atoms with Crippen LogP contribution >= 0.6 is 0 Å². The Balaban J connectivity index is 1.50. The Morgan fingerprint density at radius 3 is 2.61 bits per heavy atom. The summed E-state index contributed by atoms with van der Waals surface area (Å²) in [5, 5.41) is 0. The molecule has 0 N–H and O–H groups in total. The summed E-state index contributed by atoms with van der Waals surface area (Å²) in [6.07, 6.45) is 6.20. The maximum Gasteiger partial charge on any atom is 0.316 e. The third-order valence-corrected chi connectivity index (χ3v) is 9.82. The van der Waals surface area contributed by atoms with E-state index in [0.29, 0.717) is 19.4 Å². The number of ether oxygens (including phenoxy) is 7. The number of carbonyl (C=O) groups excluding carboxylic acids is 2. The molecular formula is C24H32O9. The van der Waals surface area contributed by atoms with Crippen molar-refractivity contribution in [3.63, 3.8) is 0 Å². The highest BCUT2D eigenvalue weighted by molar-refractivity contribution is 5.87. The Kier molecular flexibility index (Phi) is 4.52. The van der Waals surface area contributed by atoms with Gasteiger partial charge in [-0.2, -0.15) is 0 Å². The van der Waals surface area contributed by atoms with Crippen LogP contribution < -0.4 is 0 Å². The van der Waals surface area contributed by atoms with Gasteiger partial charge in [-0.05, 0) is 44.1 Å². The highest BCUT2D eigenvalue weighted by atomic mass is 16.7. The Morgan fingerprint density at radius 2 is 1.94 bits per heavy atom. The van der Waals surface area contributed by atoms with Gasteiger partial charge in [0.15, 0.2) is 0 Å². The first-order valence-electron chi connectivity index (χ1n) is 11.7. The predicted molar refractivity (Wildman–Crippen MR) is 111 cm³/mol. The van der Waals surface area contributed by atoms with Crippen molar-refractivity contribution in [1.82, 2.24) is 0 Å². The van der Waals surface area contributed by atoms with Crippen LogP contribution in [-0.2, 0) is 42.7 Å². The molecule has 2 saturated heterocycles. The van der Waals surface area contributed by atoms with Crippen LogP contribution in [0.25, 0.3) is 0 Å². The van der Waals surface area contributed by atoms with E-state index in [1.165, 1.54) is 7.11 Å². The quantitative estimate of drug-likeness (QED) is 0.240. The first-order valence-corrected chi connectivity index (χ1v) is 11.7.